The Hall–Kier alpha value is -3.84. The zero-order valence-corrected chi connectivity index (χ0v) is 28.2. The van der Waals surface area contributed by atoms with Crippen molar-refractivity contribution < 1.29 is 19.1 Å². The fraction of sp³-hybridized carbons (Fsp3) is 0.412. The van der Waals surface area contributed by atoms with E-state index in [0.29, 0.717) is 25.9 Å². The fourth-order valence-corrected chi connectivity index (χ4v) is 6.11. The Morgan fingerprint density at radius 1 is 0.696 bits per heavy atom. The summed E-state index contributed by atoms with van der Waals surface area (Å²) in [4.78, 5) is 40.1. The highest BCUT2D eigenvalue weighted by molar-refractivity contribution is 7.09. The molecule has 4 rings (SSSR count). The third-order valence-corrected chi connectivity index (χ3v) is 9.04. The van der Waals surface area contributed by atoms with Gasteiger partial charge in [0.1, 0.15) is 13.2 Å². The lowest BCUT2D eigenvalue weighted by Crippen LogP contribution is -2.49. The van der Waals surface area contributed by atoms with E-state index in [4.69, 9.17) is 9.47 Å². The van der Waals surface area contributed by atoms with Crippen molar-refractivity contribution in [3.63, 3.8) is 0 Å². The van der Waals surface area contributed by atoms with E-state index in [9.17, 15) is 9.59 Å². The number of alkyl carbamates (subject to hydrolysis) is 2. The van der Waals surface area contributed by atoms with Gasteiger partial charge in [0.25, 0.3) is 0 Å². The largest absolute Gasteiger partial charge is 0.444 e. The molecular formula is C34H44N6O4S2. The molecule has 2 N–H and O–H groups in total. The van der Waals surface area contributed by atoms with Crippen LogP contribution in [0.2, 0.25) is 0 Å². The average Bonchev–Trinajstić information content (AvgIpc) is 3.80. The second-order valence-corrected chi connectivity index (χ2v) is 12.9. The third-order valence-electron chi connectivity index (χ3n) is 7.54. The molecule has 10 nitrogen and oxygen atoms in total. The number of aromatic nitrogens is 2. The Labute approximate surface area is 279 Å². The van der Waals surface area contributed by atoms with Crippen molar-refractivity contribution in [3.05, 3.63) is 105 Å². The topological polar surface area (TPSA) is 109 Å². The number of nitrogens with zero attached hydrogens (tertiary/aromatic N) is 4. The Balaban J connectivity index is 1.34. The number of ether oxygens (including phenoxy) is 2. The van der Waals surface area contributed by atoms with E-state index in [1.165, 1.54) is 22.7 Å². The molecule has 0 saturated heterocycles. The van der Waals surface area contributed by atoms with E-state index < -0.39 is 12.2 Å². The highest BCUT2D eigenvalue weighted by Crippen LogP contribution is 2.11. The van der Waals surface area contributed by atoms with E-state index in [0.717, 1.165) is 47.1 Å². The van der Waals surface area contributed by atoms with Crippen LogP contribution in [0, 0.1) is 0 Å². The first-order valence-corrected chi connectivity index (χ1v) is 17.4. The van der Waals surface area contributed by atoms with Crippen LogP contribution in [0.4, 0.5) is 9.59 Å². The second-order valence-electron chi connectivity index (χ2n) is 10.9. The van der Waals surface area contributed by atoms with E-state index in [2.05, 4.69) is 68.5 Å². The Kier molecular flexibility index (Phi) is 14.9. The van der Waals surface area contributed by atoms with Crippen LogP contribution in [0.1, 0.15) is 34.7 Å². The van der Waals surface area contributed by atoms with Crippen LogP contribution < -0.4 is 10.6 Å². The lowest BCUT2D eigenvalue weighted by atomic mass is 10.1. The number of carbonyl (C=O) groups is 2. The fourth-order valence-electron chi connectivity index (χ4n) is 5.10. The molecule has 0 saturated carbocycles. The predicted molar refractivity (Wildman–Crippen MR) is 183 cm³/mol. The molecule has 2 aromatic heterocycles. The van der Waals surface area contributed by atoms with Gasteiger partial charge in [0, 0.05) is 50.7 Å². The van der Waals surface area contributed by atoms with E-state index in [-0.39, 0.29) is 25.3 Å². The number of nitrogens with one attached hydrogen (secondary N) is 2. The normalized spacial score (nSPS) is 12.5. The summed E-state index contributed by atoms with van der Waals surface area (Å²) < 4.78 is 11.0. The molecule has 2 unspecified atom stereocenters. The standard InChI is InChI=1S/C34H44N6O4S2/c1-3-39(21-29(17-27-11-7-5-8-12-27)37-33(41)43-23-31-19-35-25-45-31)15-16-40(4-2)22-30(18-28-13-9-6-10-14-28)38-34(42)44-24-32-20-36-26-46-32/h5-14,19-20,25-26,29-30H,3-4,15-18,21-24H2,1-2H3,(H,37,41)(H,38,42). The summed E-state index contributed by atoms with van der Waals surface area (Å²) in [6.45, 7) is 9.30. The van der Waals surface area contributed by atoms with Crippen LogP contribution in [-0.2, 0) is 35.5 Å². The van der Waals surface area contributed by atoms with Gasteiger partial charge in [0.2, 0.25) is 0 Å². The van der Waals surface area contributed by atoms with Crippen molar-refractivity contribution >= 4 is 34.9 Å². The number of hydrogen-bond donors (Lipinski definition) is 2. The van der Waals surface area contributed by atoms with Gasteiger partial charge in [0.05, 0.1) is 20.8 Å². The second kappa shape index (κ2) is 19.6. The average molecular weight is 665 g/mol. The minimum atomic E-state index is -0.433. The smallest absolute Gasteiger partial charge is 0.407 e. The predicted octanol–water partition coefficient (Wildman–Crippen LogP) is 5.62. The van der Waals surface area contributed by atoms with Crippen LogP contribution in [0.25, 0.3) is 0 Å². The highest BCUT2D eigenvalue weighted by atomic mass is 32.1. The summed E-state index contributed by atoms with van der Waals surface area (Å²) >= 11 is 2.92. The maximum absolute atomic E-state index is 12.8. The first-order valence-electron chi connectivity index (χ1n) is 15.6. The number of amides is 2. The molecule has 46 heavy (non-hydrogen) atoms. The van der Waals surface area contributed by atoms with Gasteiger partial charge in [-0.2, -0.15) is 0 Å². The van der Waals surface area contributed by atoms with Crippen LogP contribution in [0.3, 0.4) is 0 Å². The van der Waals surface area contributed by atoms with Gasteiger partial charge >= 0.3 is 12.2 Å². The summed E-state index contributed by atoms with van der Waals surface area (Å²) in [7, 11) is 0. The van der Waals surface area contributed by atoms with Gasteiger partial charge in [-0.1, -0.05) is 74.5 Å². The van der Waals surface area contributed by atoms with Crippen LogP contribution >= 0.6 is 22.7 Å². The van der Waals surface area contributed by atoms with E-state index in [1.807, 2.05) is 36.4 Å². The highest BCUT2D eigenvalue weighted by Gasteiger charge is 2.21. The van der Waals surface area contributed by atoms with Crippen LogP contribution in [0.5, 0.6) is 0 Å². The minimum absolute atomic E-state index is 0.132. The minimum Gasteiger partial charge on any atom is -0.444 e. The molecule has 2 amide bonds. The van der Waals surface area contributed by atoms with Gasteiger partial charge in [-0.3, -0.25) is 9.97 Å². The van der Waals surface area contributed by atoms with Gasteiger partial charge in [-0.05, 0) is 37.1 Å². The monoisotopic (exact) mass is 664 g/mol. The number of hydrogen-bond acceptors (Lipinski definition) is 10. The van der Waals surface area contributed by atoms with Gasteiger partial charge in [0.15, 0.2) is 0 Å². The molecule has 2 aromatic carbocycles. The number of thiazole rings is 2. The van der Waals surface area contributed by atoms with Gasteiger partial charge in [-0.25, -0.2) is 9.59 Å². The van der Waals surface area contributed by atoms with E-state index in [1.54, 1.807) is 23.4 Å². The summed E-state index contributed by atoms with van der Waals surface area (Å²) in [5, 5.41) is 6.20. The lowest BCUT2D eigenvalue weighted by Gasteiger charge is -2.31. The number of likely N-dealkylation sites (N-methyl/N-ethyl adjacent to an activating group) is 2. The summed E-state index contributed by atoms with van der Waals surface area (Å²) in [5.74, 6) is 0. The van der Waals surface area contributed by atoms with Crippen LogP contribution in [-0.4, -0.2) is 83.3 Å². The van der Waals surface area contributed by atoms with Gasteiger partial charge < -0.3 is 29.9 Å². The summed E-state index contributed by atoms with van der Waals surface area (Å²) in [6, 6.07) is 20.1. The lowest BCUT2D eigenvalue weighted by molar-refractivity contribution is 0.127. The Bertz CT molecular complexity index is 1290. The number of rotatable bonds is 19. The molecule has 0 fully saturated rings. The molecule has 0 aliphatic carbocycles. The maximum Gasteiger partial charge on any atom is 0.407 e. The van der Waals surface area contributed by atoms with E-state index >= 15 is 0 Å². The van der Waals surface area contributed by atoms with Crippen molar-refractivity contribution in [1.82, 2.24) is 30.4 Å². The van der Waals surface area contributed by atoms with Crippen LogP contribution in [0.15, 0.2) is 84.1 Å². The molecule has 12 heteroatoms. The molecule has 4 aromatic rings. The SMILES string of the molecule is CCN(CCN(CC)CC(Cc1ccccc1)NC(=O)OCc1cncs1)CC(Cc1ccccc1)NC(=O)OCc1cncs1. The van der Waals surface area contributed by atoms with Crippen molar-refractivity contribution in [1.29, 1.82) is 0 Å². The maximum atomic E-state index is 12.8. The molecule has 0 aliphatic rings. The molecule has 0 bridgehead atoms. The first kappa shape index (κ1) is 35.0. The number of carbonyl (C=O) groups excluding carboxylic acids is 2. The molecule has 0 radical (unpaired) electrons. The van der Waals surface area contributed by atoms with Crippen molar-refractivity contribution in [2.75, 3.05) is 39.3 Å². The zero-order valence-electron chi connectivity index (χ0n) is 26.5. The summed E-state index contributed by atoms with van der Waals surface area (Å²) in [5.41, 5.74) is 5.75. The molecular weight excluding hydrogens is 621 g/mol. The number of benzene rings is 2. The van der Waals surface area contributed by atoms with Crippen molar-refractivity contribution in [3.8, 4) is 0 Å². The Morgan fingerprint density at radius 2 is 1.11 bits per heavy atom. The zero-order chi connectivity index (χ0) is 32.4. The van der Waals surface area contributed by atoms with Crippen molar-refractivity contribution in [2.24, 2.45) is 0 Å². The molecule has 246 valence electrons. The first-order chi connectivity index (χ1) is 22.5. The third kappa shape index (κ3) is 12.9. The van der Waals surface area contributed by atoms with Gasteiger partial charge in [-0.15, -0.1) is 22.7 Å². The molecule has 0 aliphatic heterocycles. The summed E-state index contributed by atoms with van der Waals surface area (Å²) in [6.07, 6.45) is 3.94. The molecule has 2 atom stereocenters. The Morgan fingerprint density at radius 3 is 1.46 bits per heavy atom. The molecule has 2 heterocycles. The molecule has 0 spiro atoms. The quantitative estimate of drug-likeness (QED) is 0.133. The van der Waals surface area contributed by atoms with Crippen molar-refractivity contribution in [2.45, 2.75) is 52.0 Å².